The molecule has 2 heterocycles. The number of aryl methyl sites for hydroxylation is 1. The lowest BCUT2D eigenvalue weighted by Gasteiger charge is -2.21. The Kier molecular flexibility index (Phi) is 4.97. The number of aromatic nitrogens is 4. The van der Waals surface area contributed by atoms with Gasteiger partial charge in [0.25, 0.3) is 0 Å². The zero-order chi connectivity index (χ0) is 17.8. The van der Waals surface area contributed by atoms with Crippen LogP contribution in [0.1, 0.15) is 30.8 Å². The molecule has 25 heavy (non-hydrogen) atoms. The first-order valence-corrected chi connectivity index (χ1v) is 8.57. The highest BCUT2D eigenvalue weighted by Gasteiger charge is 2.10. The van der Waals surface area contributed by atoms with Crippen molar-refractivity contribution in [3.63, 3.8) is 0 Å². The molecular formula is C19H24N6. The monoisotopic (exact) mass is 336 g/mol. The van der Waals surface area contributed by atoms with Gasteiger partial charge in [0.05, 0.1) is 6.21 Å². The average molecular weight is 336 g/mol. The Labute approximate surface area is 148 Å². The van der Waals surface area contributed by atoms with E-state index in [1.165, 1.54) is 11.4 Å². The minimum atomic E-state index is 1.02. The summed E-state index contributed by atoms with van der Waals surface area (Å²) >= 11 is 0. The van der Waals surface area contributed by atoms with Gasteiger partial charge in [-0.2, -0.15) is 5.10 Å². The highest BCUT2D eigenvalue weighted by atomic mass is 15.4. The van der Waals surface area contributed by atoms with Crippen molar-refractivity contribution in [2.24, 2.45) is 5.10 Å². The number of nitrogens with zero attached hydrogens (tertiary/aromatic N) is 6. The van der Waals surface area contributed by atoms with Gasteiger partial charge in [0, 0.05) is 41.4 Å². The molecule has 130 valence electrons. The van der Waals surface area contributed by atoms with Crippen LogP contribution in [0.2, 0.25) is 0 Å². The van der Waals surface area contributed by atoms with Crippen LogP contribution in [0.15, 0.2) is 48.1 Å². The first kappa shape index (κ1) is 17.0. The maximum atomic E-state index is 4.35. The van der Waals surface area contributed by atoms with Crippen molar-refractivity contribution in [2.75, 3.05) is 18.0 Å². The zero-order valence-electron chi connectivity index (χ0n) is 15.2. The van der Waals surface area contributed by atoms with Gasteiger partial charge in [-0.25, -0.2) is 4.68 Å². The van der Waals surface area contributed by atoms with E-state index in [9.17, 15) is 0 Å². The van der Waals surface area contributed by atoms with Gasteiger partial charge in [-0.3, -0.25) is 0 Å². The zero-order valence-corrected chi connectivity index (χ0v) is 15.2. The number of hydrogen-bond acceptors (Lipinski definition) is 4. The van der Waals surface area contributed by atoms with Crippen LogP contribution in [0.3, 0.4) is 0 Å². The molecular weight excluding hydrogens is 312 g/mol. The molecule has 0 fully saturated rings. The summed E-state index contributed by atoms with van der Waals surface area (Å²) in [5, 5.41) is 11.9. The molecule has 6 nitrogen and oxygen atoms in total. The summed E-state index contributed by atoms with van der Waals surface area (Å²) in [5.74, 6) is 0. The molecule has 3 aromatic rings. The van der Waals surface area contributed by atoms with Crippen molar-refractivity contribution in [3.05, 3.63) is 59.9 Å². The molecule has 0 aliphatic carbocycles. The van der Waals surface area contributed by atoms with Crippen molar-refractivity contribution < 1.29 is 0 Å². The molecule has 0 amide bonds. The van der Waals surface area contributed by atoms with Gasteiger partial charge in [0.2, 0.25) is 0 Å². The SMILES string of the molecule is CCN(CC)c1ccc(-n2c(C)cc(/C=N/n3cnnc3)c2C)cc1. The summed E-state index contributed by atoms with van der Waals surface area (Å²) in [6.45, 7) is 10.6. The maximum absolute atomic E-state index is 4.35. The first-order valence-electron chi connectivity index (χ1n) is 8.57. The van der Waals surface area contributed by atoms with Crippen molar-refractivity contribution in [1.29, 1.82) is 0 Å². The molecule has 0 unspecified atom stereocenters. The van der Waals surface area contributed by atoms with E-state index in [4.69, 9.17) is 0 Å². The van der Waals surface area contributed by atoms with E-state index in [0.717, 1.165) is 30.0 Å². The highest BCUT2D eigenvalue weighted by Crippen LogP contribution is 2.22. The Balaban J connectivity index is 1.90. The quantitative estimate of drug-likeness (QED) is 0.648. The smallest absolute Gasteiger partial charge is 0.141 e. The fourth-order valence-corrected chi connectivity index (χ4v) is 3.10. The van der Waals surface area contributed by atoms with Gasteiger partial charge in [-0.05, 0) is 58.0 Å². The lowest BCUT2D eigenvalue weighted by molar-refractivity contribution is 0.865. The van der Waals surface area contributed by atoms with Crippen LogP contribution in [0.5, 0.6) is 0 Å². The Morgan fingerprint density at radius 2 is 1.68 bits per heavy atom. The molecule has 3 rings (SSSR count). The van der Waals surface area contributed by atoms with Crippen LogP contribution >= 0.6 is 0 Å². The summed E-state index contributed by atoms with van der Waals surface area (Å²) in [4.78, 5) is 2.34. The minimum Gasteiger partial charge on any atom is -0.372 e. The van der Waals surface area contributed by atoms with E-state index in [1.54, 1.807) is 17.3 Å². The highest BCUT2D eigenvalue weighted by molar-refractivity contribution is 5.82. The predicted molar refractivity (Wildman–Crippen MR) is 102 cm³/mol. The molecule has 0 atom stereocenters. The third kappa shape index (κ3) is 3.47. The van der Waals surface area contributed by atoms with E-state index in [2.05, 4.69) is 82.8 Å². The summed E-state index contributed by atoms with van der Waals surface area (Å²) in [5.41, 5.74) is 5.84. The molecule has 0 aliphatic rings. The van der Waals surface area contributed by atoms with E-state index < -0.39 is 0 Å². The van der Waals surface area contributed by atoms with Gasteiger partial charge in [-0.15, -0.1) is 10.2 Å². The molecule has 0 spiro atoms. The van der Waals surface area contributed by atoms with E-state index in [-0.39, 0.29) is 0 Å². The fraction of sp³-hybridized carbons (Fsp3) is 0.316. The lowest BCUT2D eigenvalue weighted by atomic mass is 10.2. The maximum Gasteiger partial charge on any atom is 0.141 e. The summed E-state index contributed by atoms with van der Waals surface area (Å²) in [6.07, 6.45) is 4.98. The fourth-order valence-electron chi connectivity index (χ4n) is 3.10. The minimum absolute atomic E-state index is 1.02. The second-order valence-electron chi connectivity index (χ2n) is 5.94. The van der Waals surface area contributed by atoms with Crippen molar-refractivity contribution >= 4 is 11.9 Å². The van der Waals surface area contributed by atoms with Gasteiger partial charge in [0.1, 0.15) is 12.7 Å². The second kappa shape index (κ2) is 7.34. The summed E-state index contributed by atoms with van der Waals surface area (Å²) < 4.78 is 3.84. The lowest BCUT2D eigenvalue weighted by Crippen LogP contribution is -2.21. The normalized spacial score (nSPS) is 11.4. The molecule has 0 aliphatic heterocycles. The van der Waals surface area contributed by atoms with Crippen LogP contribution < -0.4 is 4.90 Å². The summed E-state index contributed by atoms with van der Waals surface area (Å²) in [6, 6.07) is 10.9. The summed E-state index contributed by atoms with van der Waals surface area (Å²) in [7, 11) is 0. The third-order valence-electron chi connectivity index (χ3n) is 4.44. The first-order chi connectivity index (χ1) is 12.1. The van der Waals surface area contributed by atoms with Crippen molar-refractivity contribution in [3.8, 4) is 5.69 Å². The van der Waals surface area contributed by atoms with Crippen LogP contribution in [-0.4, -0.2) is 38.7 Å². The molecule has 1 aromatic carbocycles. The van der Waals surface area contributed by atoms with Gasteiger partial charge in [-0.1, -0.05) is 0 Å². The van der Waals surface area contributed by atoms with E-state index in [1.807, 2.05) is 6.21 Å². The van der Waals surface area contributed by atoms with Gasteiger partial charge in [0.15, 0.2) is 0 Å². The standard InChI is InChI=1S/C19H24N6/c1-5-23(6-2)18-7-9-19(10-8-18)25-15(3)11-17(16(25)4)12-22-24-13-20-21-14-24/h7-14H,5-6H2,1-4H3/b22-12+. The van der Waals surface area contributed by atoms with Crippen LogP contribution in [-0.2, 0) is 0 Å². The van der Waals surface area contributed by atoms with Crippen LogP contribution in [0.25, 0.3) is 5.69 Å². The molecule has 6 heteroatoms. The van der Waals surface area contributed by atoms with Gasteiger partial charge >= 0.3 is 0 Å². The van der Waals surface area contributed by atoms with E-state index >= 15 is 0 Å². The molecule has 0 radical (unpaired) electrons. The second-order valence-corrected chi connectivity index (χ2v) is 5.94. The third-order valence-corrected chi connectivity index (χ3v) is 4.44. The Morgan fingerprint density at radius 1 is 1.04 bits per heavy atom. The topological polar surface area (TPSA) is 51.2 Å². The Morgan fingerprint density at radius 3 is 2.28 bits per heavy atom. The number of hydrogen-bond donors (Lipinski definition) is 0. The number of benzene rings is 1. The van der Waals surface area contributed by atoms with Crippen molar-refractivity contribution in [1.82, 2.24) is 19.4 Å². The van der Waals surface area contributed by atoms with Crippen LogP contribution in [0.4, 0.5) is 5.69 Å². The molecule has 0 saturated heterocycles. The molecule has 0 N–H and O–H groups in total. The Hall–Kier alpha value is -2.89. The number of rotatable bonds is 6. The molecule has 0 saturated carbocycles. The van der Waals surface area contributed by atoms with Crippen LogP contribution in [0, 0.1) is 13.8 Å². The number of anilines is 1. The average Bonchev–Trinajstić information content (AvgIpc) is 3.23. The van der Waals surface area contributed by atoms with E-state index in [0.29, 0.717) is 0 Å². The Bertz CT molecular complexity index is 839. The predicted octanol–water partition coefficient (Wildman–Crippen LogP) is 3.41. The molecule has 0 bridgehead atoms. The van der Waals surface area contributed by atoms with Crippen molar-refractivity contribution in [2.45, 2.75) is 27.7 Å². The molecule has 2 aromatic heterocycles. The largest absolute Gasteiger partial charge is 0.372 e. The van der Waals surface area contributed by atoms with Gasteiger partial charge < -0.3 is 9.47 Å².